The minimum absolute atomic E-state index is 0.187. The zero-order valence-corrected chi connectivity index (χ0v) is 11.3. The molecular formula is C12H13N3O3S. The second-order valence-corrected chi connectivity index (χ2v) is 4.17. The molecule has 0 aliphatic carbocycles. The van der Waals surface area contributed by atoms with E-state index in [-0.39, 0.29) is 16.1 Å². The first-order chi connectivity index (χ1) is 9.06. The van der Waals surface area contributed by atoms with Crippen molar-refractivity contribution in [2.75, 3.05) is 20.0 Å². The smallest absolute Gasteiger partial charge is 0.261 e. The maximum absolute atomic E-state index is 11.9. The van der Waals surface area contributed by atoms with Gasteiger partial charge < -0.3 is 20.2 Å². The summed E-state index contributed by atoms with van der Waals surface area (Å²) in [5.41, 5.74) is 6.38. The lowest BCUT2D eigenvalue weighted by atomic mass is 10.1. The van der Waals surface area contributed by atoms with Crippen LogP contribution in [0.4, 0.5) is 5.82 Å². The summed E-state index contributed by atoms with van der Waals surface area (Å²) in [6.45, 7) is 0. The van der Waals surface area contributed by atoms with Gasteiger partial charge in [-0.1, -0.05) is 6.07 Å². The molecule has 100 valence electrons. The molecule has 6 nitrogen and oxygen atoms in total. The lowest BCUT2D eigenvalue weighted by Crippen LogP contribution is -2.14. The van der Waals surface area contributed by atoms with Crippen LogP contribution < -0.4 is 20.8 Å². The maximum atomic E-state index is 11.9. The summed E-state index contributed by atoms with van der Waals surface area (Å²) >= 11 is 4.85. The van der Waals surface area contributed by atoms with Crippen LogP contribution in [-0.4, -0.2) is 24.2 Å². The average Bonchev–Trinajstić information content (AvgIpc) is 2.37. The van der Waals surface area contributed by atoms with E-state index in [2.05, 4.69) is 9.97 Å². The molecule has 0 amide bonds. The van der Waals surface area contributed by atoms with Crippen molar-refractivity contribution in [3.63, 3.8) is 0 Å². The quantitative estimate of drug-likeness (QED) is 0.744. The molecule has 0 saturated carbocycles. The van der Waals surface area contributed by atoms with E-state index in [0.717, 1.165) is 0 Å². The molecule has 1 aromatic heterocycles. The number of benzene rings is 1. The summed E-state index contributed by atoms with van der Waals surface area (Å²) in [6.07, 6.45) is 0. The highest BCUT2D eigenvalue weighted by Crippen LogP contribution is 2.32. The first kappa shape index (κ1) is 13.2. The molecule has 0 spiro atoms. The Hall–Kier alpha value is -2.28. The van der Waals surface area contributed by atoms with Crippen molar-refractivity contribution in [1.29, 1.82) is 0 Å². The molecule has 7 heteroatoms. The molecule has 0 saturated heterocycles. The molecule has 0 atom stereocenters. The Balaban J connectivity index is 2.66. The van der Waals surface area contributed by atoms with Crippen LogP contribution in [0.3, 0.4) is 0 Å². The van der Waals surface area contributed by atoms with Gasteiger partial charge in [-0.2, -0.15) is 0 Å². The Bertz CT molecular complexity index is 721. The van der Waals surface area contributed by atoms with Crippen molar-refractivity contribution in [2.24, 2.45) is 0 Å². The summed E-state index contributed by atoms with van der Waals surface area (Å²) in [6, 6.07) is 5.10. The van der Waals surface area contributed by atoms with Gasteiger partial charge in [0, 0.05) is 0 Å². The molecule has 0 unspecified atom stereocenters. The van der Waals surface area contributed by atoms with Crippen LogP contribution in [0.15, 0.2) is 23.0 Å². The molecular weight excluding hydrogens is 266 g/mol. The van der Waals surface area contributed by atoms with Gasteiger partial charge in [-0.15, -0.1) is 0 Å². The molecule has 0 aliphatic heterocycles. The number of nitrogen functional groups attached to an aromatic ring is 1. The summed E-state index contributed by atoms with van der Waals surface area (Å²) in [7, 11) is 3.06. The molecule has 0 fully saturated rings. The normalized spacial score (nSPS) is 10.2. The van der Waals surface area contributed by atoms with Gasteiger partial charge >= 0.3 is 0 Å². The van der Waals surface area contributed by atoms with Crippen molar-refractivity contribution in [3.8, 4) is 22.6 Å². The molecule has 0 radical (unpaired) electrons. The third kappa shape index (κ3) is 2.45. The van der Waals surface area contributed by atoms with E-state index in [0.29, 0.717) is 22.6 Å². The summed E-state index contributed by atoms with van der Waals surface area (Å²) < 4.78 is 10.5. The number of nitrogens with two attached hydrogens (primary N) is 1. The molecule has 2 aromatic rings. The number of ether oxygens (including phenoxy) is 2. The molecule has 19 heavy (non-hydrogen) atoms. The van der Waals surface area contributed by atoms with Gasteiger partial charge in [0.25, 0.3) is 5.56 Å². The zero-order valence-electron chi connectivity index (χ0n) is 10.4. The van der Waals surface area contributed by atoms with Crippen LogP contribution in [0, 0.1) is 4.77 Å². The van der Waals surface area contributed by atoms with E-state index >= 15 is 0 Å². The Morgan fingerprint density at radius 2 is 1.84 bits per heavy atom. The first-order valence-corrected chi connectivity index (χ1v) is 5.82. The number of hydrogen-bond acceptors (Lipinski definition) is 5. The maximum Gasteiger partial charge on any atom is 0.261 e. The van der Waals surface area contributed by atoms with E-state index in [9.17, 15) is 4.79 Å². The lowest BCUT2D eigenvalue weighted by molar-refractivity contribution is 0.355. The van der Waals surface area contributed by atoms with E-state index in [1.165, 1.54) is 7.11 Å². The van der Waals surface area contributed by atoms with Crippen molar-refractivity contribution >= 4 is 18.0 Å². The van der Waals surface area contributed by atoms with Crippen molar-refractivity contribution < 1.29 is 9.47 Å². The van der Waals surface area contributed by atoms with Gasteiger partial charge in [-0.25, -0.2) is 0 Å². The third-order valence-corrected chi connectivity index (χ3v) is 2.85. The highest BCUT2D eigenvalue weighted by Gasteiger charge is 2.12. The minimum Gasteiger partial charge on any atom is -0.493 e. The standard InChI is InChI=1S/C12H13N3O3S/c1-17-7-4-3-6(5-8(7)18-2)9-10(13)14-12(19)15-11(9)16/h3-5H,1-2H3,(H4,13,14,15,16,19). The second-order valence-electron chi connectivity index (χ2n) is 3.77. The summed E-state index contributed by atoms with van der Waals surface area (Å²) in [5.74, 6) is 1.30. The first-order valence-electron chi connectivity index (χ1n) is 5.41. The fourth-order valence-corrected chi connectivity index (χ4v) is 1.98. The molecule has 0 aliphatic rings. The van der Waals surface area contributed by atoms with Gasteiger partial charge in [0.1, 0.15) is 5.82 Å². The van der Waals surface area contributed by atoms with Crippen LogP contribution in [0.5, 0.6) is 11.5 Å². The van der Waals surface area contributed by atoms with Crippen LogP contribution in [0.1, 0.15) is 0 Å². The van der Waals surface area contributed by atoms with Crippen LogP contribution >= 0.6 is 12.2 Å². The lowest BCUT2D eigenvalue weighted by Gasteiger charge is -2.10. The fraction of sp³-hybridized carbons (Fsp3) is 0.167. The van der Waals surface area contributed by atoms with E-state index < -0.39 is 0 Å². The van der Waals surface area contributed by atoms with Crippen molar-refractivity contribution in [1.82, 2.24) is 9.97 Å². The number of H-pyrrole nitrogens is 2. The fourth-order valence-electron chi connectivity index (χ4n) is 1.78. The molecule has 1 heterocycles. The second kappa shape index (κ2) is 5.15. The number of aromatic amines is 2. The van der Waals surface area contributed by atoms with Crippen LogP contribution in [0.25, 0.3) is 11.1 Å². The predicted octanol–water partition coefficient (Wildman–Crippen LogP) is 1.70. The largest absolute Gasteiger partial charge is 0.493 e. The van der Waals surface area contributed by atoms with Gasteiger partial charge in [0.15, 0.2) is 16.3 Å². The Morgan fingerprint density at radius 3 is 2.42 bits per heavy atom. The monoisotopic (exact) mass is 279 g/mol. The number of aromatic nitrogens is 2. The molecule has 1 aromatic carbocycles. The number of rotatable bonds is 3. The Labute approximate surface area is 114 Å². The third-order valence-electron chi connectivity index (χ3n) is 2.64. The Kier molecular flexibility index (Phi) is 3.57. The van der Waals surface area contributed by atoms with Crippen LogP contribution in [0.2, 0.25) is 0 Å². The predicted molar refractivity (Wildman–Crippen MR) is 75.2 cm³/mol. The SMILES string of the molecule is COc1ccc(-c2c(N)[nH]c(=S)[nH]c2=O)cc1OC. The number of hydrogen-bond donors (Lipinski definition) is 3. The van der Waals surface area contributed by atoms with Gasteiger partial charge in [0.05, 0.1) is 19.8 Å². The van der Waals surface area contributed by atoms with E-state index in [1.54, 1.807) is 25.3 Å². The Morgan fingerprint density at radius 1 is 1.16 bits per heavy atom. The summed E-state index contributed by atoms with van der Waals surface area (Å²) in [5, 5.41) is 0. The van der Waals surface area contributed by atoms with Gasteiger partial charge in [-0.05, 0) is 29.9 Å². The van der Waals surface area contributed by atoms with Crippen LogP contribution in [-0.2, 0) is 0 Å². The molecule has 0 bridgehead atoms. The average molecular weight is 279 g/mol. The van der Waals surface area contributed by atoms with Gasteiger partial charge in [0.2, 0.25) is 0 Å². The van der Waals surface area contributed by atoms with E-state index in [4.69, 9.17) is 27.4 Å². The van der Waals surface area contributed by atoms with Gasteiger partial charge in [-0.3, -0.25) is 9.78 Å². The molecule has 4 N–H and O–H groups in total. The number of anilines is 1. The number of methoxy groups -OCH3 is 2. The zero-order chi connectivity index (χ0) is 14.0. The highest BCUT2D eigenvalue weighted by molar-refractivity contribution is 7.71. The summed E-state index contributed by atoms with van der Waals surface area (Å²) in [4.78, 5) is 17.1. The minimum atomic E-state index is -0.353. The molecule has 2 rings (SSSR count). The van der Waals surface area contributed by atoms with Crippen molar-refractivity contribution in [2.45, 2.75) is 0 Å². The number of nitrogens with one attached hydrogen (secondary N) is 2. The highest BCUT2D eigenvalue weighted by atomic mass is 32.1. The van der Waals surface area contributed by atoms with E-state index in [1.807, 2.05) is 0 Å². The van der Waals surface area contributed by atoms with Crippen molar-refractivity contribution in [3.05, 3.63) is 33.3 Å². The topological polar surface area (TPSA) is 93.1 Å².